The Kier molecular flexibility index (Phi) is 19.8. The van der Waals surface area contributed by atoms with Crippen LogP contribution in [0.1, 0.15) is 40.5 Å². The van der Waals surface area contributed by atoms with Gasteiger partial charge in [0.1, 0.15) is 0 Å². The van der Waals surface area contributed by atoms with Crippen LogP contribution < -0.4 is 0 Å². The molecule has 0 amide bonds. The molecule has 0 radical (unpaired) electrons. The van der Waals surface area contributed by atoms with Gasteiger partial charge in [-0.1, -0.05) is 19.9 Å². The SMILES string of the molecule is CC#CCC.CC#CCC.c1ccncc1. The van der Waals surface area contributed by atoms with E-state index in [4.69, 9.17) is 0 Å². The van der Waals surface area contributed by atoms with Crippen LogP contribution in [0, 0.1) is 23.7 Å². The highest BCUT2D eigenvalue weighted by Gasteiger charge is 1.58. The third-order valence-corrected chi connectivity index (χ3v) is 1.27. The molecule has 0 aliphatic rings. The highest BCUT2D eigenvalue weighted by Crippen LogP contribution is 1.73. The molecule has 0 N–H and O–H groups in total. The Morgan fingerprint density at radius 2 is 1.25 bits per heavy atom. The highest BCUT2D eigenvalue weighted by atomic mass is 14.6. The Hall–Kier alpha value is -1.73. The van der Waals surface area contributed by atoms with Crippen LogP contribution in [-0.2, 0) is 0 Å². The summed E-state index contributed by atoms with van der Waals surface area (Å²) < 4.78 is 0. The fourth-order valence-corrected chi connectivity index (χ4v) is 0.666. The average Bonchev–Trinajstić information content (AvgIpc) is 2.35. The molecule has 0 aromatic carbocycles. The number of hydrogen-bond acceptors (Lipinski definition) is 1. The second-order valence-corrected chi connectivity index (χ2v) is 2.59. The van der Waals surface area contributed by atoms with Crippen LogP contribution in [0.5, 0.6) is 0 Å². The van der Waals surface area contributed by atoms with Crippen molar-refractivity contribution in [1.82, 2.24) is 4.98 Å². The molecule has 0 saturated heterocycles. The standard InChI is InChI=1S/C5H5N.2C5H8/c1-2-4-6-5-3-1;2*1-3-5-4-2/h1-5H;2*3H2,1-2H3. The molecule has 1 heteroatoms. The topological polar surface area (TPSA) is 12.9 Å². The van der Waals surface area contributed by atoms with Crippen molar-refractivity contribution in [2.24, 2.45) is 0 Å². The van der Waals surface area contributed by atoms with Gasteiger partial charge in [0.15, 0.2) is 0 Å². The van der Waals surface area contributed by atoms with Crippen molar-refractivity contribution >= 4 is 0 Å². The van der Waals surface area contributed by atoms with Gasteiger partial charge in [-0.2, -0.15) is 0 Å². The first kappa shape index (κ1) is 16.7. The molecule has 0 atom stereocenters. The summed E-state index contributed by atoms with van der Waals surface area (Å²) in [6.07, 6.45) is 5.47. The van der Waals surface area contributed by atoms with Crippen molar-refractivity contribution in [2.45, 2.75) is 40.5 Å². The molecular weight excluding hydrogens is 194 g/mol. The third-order valence-electron chi connectivity index (χ3n) is 1.27. The van der Waals surface area contributed by atoms with Crippen molar-refractivity contribution < 1.29 is 0 Å². The van der Waals surface area contributed by atoms with Gasteiger partial charge in [-0.15, -0.1) is 23.7 Å². The van der Waals surface area contributed by atoms with Crippen molar-refractivity contribution in [3.05, 3.63) is 30.6 Å². The van der Waals surface area contributed by atoms with Crippen LogP contribution in [0.15, 0.2) is 30.6 Å². The largest absolute Gasteiger partial charge is 0.265 e. The van der Waals surface area contributed by atoms with Gasteiger partial charge in [0.05, 0.1) is 0 Å². The molecule has 0 bridgehead atoms. The van der Waals surface area contributed by atoms with E-state index in [1.165, 1.54) is 0 Å². The predicted octanol–water partition coefficient (Wildman–Crippen LogP) is 3.92. The molecule has 0 aliphatic carbocycles. The summed E-state index contributed by atoms with van der Waals surface area (Å²) >= 11 is 0. The van der Waals surface area contributed by atoms with Gasteiger partial charge in [-0.05, 0) is 26.0 Å². The van der Waals surface area contributed by atoms with Crippen LogP contribution >= 0.6 is 0 Å². The normalized spacial score (nSPS) is 6.25. The van der Waals surface area contributed by atoms with Crippen molar-refractivity contribution in [3.8, 4) is 23.7 Å². The fourth-order valence-electron chi connectivity index (χ4n) is 0.666. The van der Waals surface area contributed by atoms with E-state index >= 15 is 0 Å². The Morgan fingerprint density at radius 1 is 0.812 bits per heavy atom. The Balaban J connectivity index is 0. The van der Waals surface area contributed by atoms with Gasteiger partial charge >= 0.3 is 0 Å². The zero-order valence-electron chi connectivity index (χ0n) is 10.7. The van der Waals surface area contributed by atoms with Crippen LogP contribution in [0.25, 0.3) is 0 Å². The van der Waals surface area contributed by atoms with E-state index in [0.717, 1.165) is 12.8 Å². The first-order valence-corrected chi connectivity index (χ1v) is 5.47. The van der Waals surface area contributed by atoms with Gasteiger partial charge < -0.3 is 0 Å². The smallest absolute Gasteiger partial charge is 0.0267 e. The molecule has 1 rings (SSSR count). The summed E-state index contributed by atoms with van der Waals surface area (Å²) in [4.78, 5) is 3.78. The first-order chi connectivity index (χ1) is 7.83. The molecule has 0 spiro atoms. The van der Waals surface area contributed by atoms with Crippen molar-refractivity contribution in [3.63, 3.8) is 0 Å². The molecule has 1 aromatic rings. The van der Waals surface area contributed by atoms with Crippen molar-refractivity contribution in [2.75, 3.05) is 0 Å². The number of pyridine rings is 1. The van der Waals surface area contributed by atoms with Gasteiger partial charge in [-0.25, -0.2) is 0 Å². The van der Waals surface area contributed by atoms with E-state index in [1.54, 1.807) is 12.4 Å². The number of aromatic nitrogens is 1. The molecule has 1 nitrogen and oxygen atoms in total. The Morgan fingerprint density at radius 3 is 1.31 bits per heavy atom. The lowest BCUT2D eigenvalue weighted by Crippen LogP contribution is -1.58. The van der Waals surface area contributed by atoms with E-state index in [1.807, 2.05) is 45.9 Å². The van der Waals surface area contributed by atoms with Gasteiger partial charge in [0.2, 0.25) is 0 Å². The van der Waals surface area contributed by atoms with Crippen LogP contribution in [-0.4, -0.2) is 4.98 Å². The molecule has 1 heterocycles. The first-order valence-electron chi connectivity index (χ1n) is 5.47. The summed E-state index contributed by atoms with van der Waals surface area (Å²) in [5.41, 5.74) is 0. The van der Waals surface area contributed by atoms with Crippen LogP contribution in [0.2, 0.25) is 0 Å². The molecule has 0 fully saturated rings. The van der Waals surface area contributed by atoms with Gasteiger partial charge in [0.25, 0.3) is 0 Å². The lowest BCUT2D eigenvalue weighted by molar-refractivity contribution is 1.28. The zero-order valence-corrected chi connectivity index (χ0v) is 10.7. The molecule has 0 aliphatic heterocycles. The average molecular weight is 215 g/mol. The minimum atomic E-state index is 0.983. The van der Waals surface area contributed by atoms with Crippen LogP contribution in [0.3, 0.4) is 0 Å². The zero-order chi connectivity index (χ0) is 12.5. The Labute approximate surface area is 100 Å². The van der Waals surface area contributed by atoms with Crippen LogP contribution in [0.4, 0.5) is 0 Å². The molecular formula is C15H21N. The minimum Gasteiger partial charge on any atom is -0.265 e. The van der Waals surface area contributed by atoms with Gasteiger partial charge in [0, 0.05) is 25.2 Å². The number of hydrogen-bond donors (Lipinski definition) is 0. The van der Waals surface area contributed by atoms with E-state index in [9.17, 15) is 0 Å². The second-order valence-electron chi connectivity index (χ2n) is 2.59. The summed E-state index contributed by atoms with van der Waals surface area (Å²) in [6, 6.07) is 5.72. The number of nitrogens with zero attached hydrogens (tertiary/aromatic N) is 1. The molecule has 0 unspecified atom stereocenters. The number of rotatable bonds is 0. The predicted molar refractivity (Wildman–Crippen MR) is 71.7 cm³/mol. The lowest BCUT2D eigenvalue weighted by atomic mass is 10.5. The van der Waals surface area contributed by atoms with Crippen molar-refractivity contribution in [1.29, 1.82) is 0 Å². The monoisotopic (exact) mass is 215 g/mol. The molecule has 0 saturated carbocycles. The maximum absolute atomic E-state index is 3.78. The fraction of sp³-hybridized carbons (Fsp3) is 0.400. The molecule has 1 aromatic heterocycles. The lowest BCUT2D eigenvalue weighted by Gasteiger charge is -1.70. The molecule has 16 heavy (non-hydrogen) atoms. The highest BCUT2D eigenvalue weighted by molar-refractivity contribution is 4.93. The summed E-state index contributed by atoms with van der Waals surface area (Å²) in [5, 5.41) is 0. The maximum atomic E-state index is 3.78. The van der Waals surface area contributed by atoms with Gasteiger partial charge in [-0.3, -0.25) is 4.98 Å². The maximum Gasteiger partial charge on any atom is 0.0267 e. The van der Waals surface area contributed by atoms with E-state index < -0.39 is 0 Å². The van der Waals surface area contributed by atoms with E-state index in [0.29, 0.717) is 0 Å². The van der Waals surface area contributed by atoms with E-state index in [-0.39, 0.29) is 0 Å². The third kappa shape index (κ3) is 22.8. The van der Waals surface area contributed by atoms with E-state index in [2.05, 4.69) is 28.7 Å². The summed E-state index contributed by atoms with van der Waals surface area (Å²) in [7, 11) is 0. The minimum absolute atomic E-state index is 0.983. The Bertz CT molecular complexity index is 272. The summed E-state index contributed by atoms with van der Waals surface area (Å²) in [5.74, 6) is 11.3. The second kappa shape index (κ2) is 18.9. The molecule has 86 valence electrons. The summed E-state index contributed by atoms with van der Waals surface area (Å²) in [6.45, 7) is 7.78. The quantitative estimate of drug-likeness (QED) is 0.598.